The summed E-state index contributed by atoms with van der Waals surface area (Å²) in [5.41, 5.74) is 3.08. The number of carbonyl (C=O) groups is 2. The summed E-state index contributed by atoms with van der Waals surface area (Å²) in [6.45, 7) is 2.49. The molecule has 1 aliphatic heterocycles. The van der Waals surface area contributed by atoms with E-state index in [9.17, 15) is 14.0 Å². The second-order valence-corrected chi connectivity index (χ2v) is 11.3. The molecule has 2 aromatic heterocycles. The van der Waals surface area contributed by atoms with E-state index in [1.165, 1.54) is 35.2 Å². The molecule has 1 atom stereocenters. The Morgan fingerprint density at radius 3 is 2.43 bits per heavy atom. The molecule has 3 heterocycles. The topological polar surface area (TPSA) is 124 Å². The number of nitrogens with zero attached hydrogens (tertiary/aromatic N) is 5. The average Bonchev–Trinajstić information content (AvgIpc) is 3.88. The predicted octanol–water partition coefficient (Wildman–Crippen LogP) is 5.81. The van der Waals surface area contributed by atoms with Crippen molar-refractivity contribution in [3.63, 3.8) is 0 Å². The highest BCUT2D eigenvalue weighted by atomic mass is 32.2. The minimum absolute atomic E-state index is 0.00892. The van der Waals surface area contributed by atoms with Gasteiger partial charge in [0.25, 0.3) is 11.8 Å². The molecule has 240 valence electrons. The summed E-state index contributed by atoms with van der Waals surface area (Å²) in [5, 5.41) is 18.1. The summed E-state index contributed by atoms with van der Waals surface area (Å²) >= 11 is 1.20. The van der Waals surface area contributed by atoms with Crippen LogP contribution in [0.1, 0.15) is 46.9 Å². The molecule has 1 N–H and O–H groups in total. The minimum atomic E-state index is -0.419. The van der Waals surface area contributed by atoms with Crippen LogP contribution in [0.2, 0.25) is 0 Å². The maximum atomic E-state index is 13.8. The number of hydrogen-bond acceptors (Lipinski definition) is 9. The molecule has 1 aliphatic rings. The van der Waals surface area contributed by atoms with Crippen LogP contribution in [-0.4, -0.2) is 56.8 Å². The van der Waals surface area contributed by atoms with E-state index in [0.717, 1.165) is 22.5 Å². The van der Waals surface area contributed by atoms with Gasteiger partial charge in [0.15, 0.2) is 16.7 Å². The van der Waals surface area contributed by atoms with Gasteiger partial charge in [0.2, 0.25) is 0 Å². The molecule has 0 spiro atoms. The van der Waals surface area contributed by atoms with Crippen LogP contribution in [-0.2, 0) is 11.3 Å². The largest absolute Gasteiger partial charge is 0.497 e. The summed E-state index contributed by atoms with van der Waals surface area (Å²) in [6.07, 6.45) is 1.88. The number of benzene rings is 3. The van der Waals surface area contributed by atoms with Gasteiger partial charge in [-0.05, 0) is 90.8 Å². The minimum Gasteiger partial charge on any atom is -0.497 e. The molecular formula is C34H31FN6O5S. The number of aromatic nitrogens is 3. The fourth-order valence-electron chi connectivity index (χ4n) is 5.12. The molecule has 0 unspecified atom stereocenters. The Labute approximate surface area is 274 Å². The summed E-state index contributed by atoms with van der Waals surface area (Å²) in [4.78, 5) is 26.4. The van der Waals surface area contributed by atoms with E-state index in [-0.39, 0.29) is 29.8 Å². The van der Waals surface area contributed by atoms with Crippen LogP contribution in [0.25, 0.3) is 5.69 Å². The maximum absolute atomic E-state index is 13.8. The number of halogens is 1. The third-order valence-electron chi connectivity index (χ3n) is 7.43. The number of carbonyl (C=O) groups excluding carboxylic acids is 2. The normalized spacial score (nSPS) is 14.1. The lowest BCUT2D eigenvalue weighted by molar-refractivity contribution is -0.130. The van der Waals surface area contributed by atoms with Gasteiger partial charge in [0.1, 0.15) is 17.3 Å². The SMILES string of the molecule is CCOc1ccc(-n2c(CNC(=O)c3ccco3)nnc2SCC(=O)N2N=C(c3ccc(OC)cc3)C[C@@H]2c2ccc(F)cc2)cc1. The highest BCUT2D eigenvalue weighted by Crippen LogP contribution is 2.34. The quantitative estimate of drug-likeness (QED) is 0.167. The third kappa shape index (κ3) is 7.20. The Bertz CT molecular complexity index is 1860. The molecule has 3 aromatic carbocycles. The summed E-state index contributed by atoms with van der Waals surface area (Å²) < 4.78 is 31.6. The Hall–Kier alpha value is -5.43. The number of hydrazone groups is 1. The van der Waals surface area contributed by atoms with Gasteiger partial charge < -0.3 is 19.2 Å². The van der Waals surface area contributed by atoms with Crippen molar-refractivity contribution in [3.05, 3.63) is 120 Å². The monoisotopic (exact) mass is 654 g/mol. The van der Waals surface area contributed by atoms with Crippen LogP contribution in [0, 0.1) is 5.82 Å². The Morgan fingerprint density at radius 2 is 1.74 bits per heavy atom. The molecule has 0 fully saturated rings. The third-order valence-corrected chi connectivity index (χ3v) is 8.34. The molecule has 0 bridgehead atoms. The van der Waals surface area contributed by atoms with Crippen molar-refractivity contribution in [2.75, 3.05) is 19.5 Å². The van der Waals surface area contributed by atoms with Gasteiger partial charge in [-0.1, -0.05) is 23.9 Å². The molecule has 13 heteroatoms. The first kappa shape index (κ1) is 31.5. The number of thioether (sulfide) groups is 1. The number of rotatable bonds is 12. The van der Waals surface area contributed by atoms with Gasteiger partial charge >= 0.3 is 0 Å². The fourth-order valence-corrected chi connectivity index (χ4v) is 5.94. The number of furan rings is 1. The van der Waals surface area contributed by atoms with Crippen LogP contribution in [0.5, 0.6) is 11.5 Å². The van der Waals surface area contributed by atoms with E-state index in [4.69, 9.17) is 19.0 Å². The van der Waals surface area contributed by atoms with Gasteiger partial charge in [0.05, 0.1) is 44.0 Å². The van der Waals surface area contributed by atoms with Crippen molar-refractivity contribution in [1.82, 2.24) is 25.1 Å². The van der Waals surface area contributed by atoms with E-state index in [1.807, 2.05) is 55.5 Å². The molecule has 2 amide bonds. The van der Waals surface area contributed by atoms with Crippen LogP contribution in [0.4, 0.5) is 4.39 Å². The molecule has 5 aromatic rings. The van der Waals surface area contributed by atoms with E-state index < -0.39 is 11.9 Å². The number of methoxy groups -OCH3 is 1. The second kappa shape index (κ2) is 14.3. The fraction of sp³-hybridized carbons (Fsp3) is 0.206. The molecule has 0 saturated carbocycles. The number of ether oxygens (including phenoxy) is 2. The van der Waals surface area contributed by atoms with Crippen LogP contribution in [0.3, 0.4) is 0 Å². The first-order valence-corrected chi connectivity index (χ1v) is 15.8. The van der Waals surface area contributed by atoms with Crippen LogP contribution in [0.15, 0.2) is 106 Å². The summed E-state index contributed by atoms with van der Waals surface area (Å²) in [5.74, 6) is 1.01. The standard InChI is InChI=1S/C34H31FN6O5S/c1-3-45-27-16-12-25(13-17-27)40-31(20-36-33(43)30-5-4-18-46-30)37-38-34(40)47-21-32(42)41-29(23-6-10-24(35)11-7-23)19-28(39-41)22-8-14-26(44-2)15-9-22/h4-18,29H,3,19-21H2,1-2H3,(H,36,43)/t29-/m1/s1. The van der Waals surface area contributed by atoms with Crippen molar-refractivity contribution >= 4 is 29.3 Å². The lowest BCUT2D eigenvalue weighted by Gasteiger charge is -2.22. The van der Waals surface area contributed by atoms with Crippen LogP contribution >= 0.6 is 11.8 Å². The van der Waals surface area contributed by atoms with Crippen molar-refractivity contribution in [2.45, 2.75) is 31.1 Å². The molecule has 11 nitrogen and oxygen atoms in total. The van der Waals surface area contributed by atoms with Crippen molar-refractivity contribution < 1.29 is 27.9 Å². The van der Waals surface area contributed by atoms with E-state index in [0.29, 0.717) is 35.5 Å². The number of amides is 2. The maximum Gasteiger partial charge on any atom is 0.287 e. The zero-order valence-corrected chi connectivity index (χ0v) is 26.4. The molecule has 6 rings (SSSR count). The van der Waals surface area contributed by atoms with Gasteiger partial charge in [-0.3, -0.25) is 14.2 Å². The van der Waals surface area contributed by atoms with Gasteiger partial charge in [-0.2, -0.15) is 5.10 Å². The zero-order valence-electron chi connectivity index (χ0n) is 25.6. The summed E-state index contributed by atoms with van der Waals surface area (Å²) in [6, 6.07) is 23.7. The van der Waals surface area contributed by atoms with E-state index in [2.05, 4.69) is 15.5 Å². The molecule has 0 radical (unpaired) electrons. The lowest BCUT2D eigenvalue weighted by Crippen LogP contribution is -2.28. The Kier molecular flexibility index (Phi) is 9.62. The smallest absolute Gasteiger partial charge is 0.287 e. The van der Waals surface area contributed by atoms with Crippen molar-refractivity contribution in [1.29, 1.82) is 0 Å². The first-order valence-electron chi connectivity index (χ1n) is 14.8. The molecule has 47 heavy (non-hydrogen) atoms. The van der Waals surface area contributed by atoms with E-state index >= 15 is 0 Å². The second-order valence-electron chi connectivity index (χ2n) is 10.4. The summed E-state index contributed by atoms with van der Waals surface area (Å²) in [7, 11) is 1.60. The Balaban J connectivity index is 1.25. The first-order chi connectivity index (χ1) is 22.9. The highest BCUT2D eigenvalue weighted by molar-refractivity contribution is 7.99. The van der Waals surface area contributed by atoms with Gasteiger partial charge in [-0.25, -0.2) is 9.40 Å². The van der Waals surface area contributed by atoms with Crippen LogP contribution < -0.4 is 14.8 Å². The van der Waals surface area contributed by atoms with Crippen molar-refractivity contribution in [3.8, 4) is 17.2 Å². The zero-order chi connectivity index (χ0) is 32.8. The molecule has 0 aliphatic carbocycles. The lowest BCUT2D eigenvalue weighted by atomic mass is 9.98. The predicted molar refractivity (Wildman–Crippen MR) is 173 cm³/mol. The Morgan fingerprint density at radius 1 is 1.00 bits per heavy atom. The average molecular weight is 655 g/mol. The van der Waals surface area contributed by atoms with Crippen molar-refractivity contribution in [2.24, 2.45) is 5.10 Å². The molecular weight excluding hydrogens is 623 g/mol. The number of nitrogens with one attached hydrogen (secondary N) is 1. The number of hydrogen-bond donors (Lipinski definition) is 1. The van der Waals surface area contributed by atoms with Gasteiger partial charge in [-0.15, -0.1) is 10.2 Å². The van der Waals surface area contributed by atoms with E-state index in [1.54, 1.807) is 35.9 Å². The highest BCUT2D eigenvalue weighted by Gasteiger charge is 2.33. The molecule has 0 saturated heterocycles. The van der Waals surface area contributed by atoms with Gasteiger partial charge in [0, 0.05) is 12.1 Å².